The summed E-state index contributed by atoms with van der Waals surface area (Å²) in [5, 5.41) is 7.02. The van der Waals surface area contributed by atoms with Crippen LogP contribution in [0.15, 0.2) is 5.38 Å². The Morgan fingerprint density at radius 1 is 1.60 bits per heavy atom. The predicted molar refractivity (Wildman–Crippen MR) is 68.9 cm³/mol. The molecule has 0 aliphatic carbocycles. The third-order valence-electron chi connectivity index (χ3n) is 2.60. The molecule has 0 bridgehead atoms. The first-order chi connectivity index (χ1) is 7.34. The fourth-order valence-corrected chi connectivity index (χ4v) is 3.68. The van der Waals surface area contributed by atoms with Crippen molar-refractivity contribution in [2.75, 3.05) is 18.1 Å². The highest BCUT2D eigenvalue weighted by atomic mass is 32.2. The first-order valence-electron chi connectivity index (χ1n) is 5.57. The highest BCUT2D eigenvalue weighted by molar-refractivity contribution is 7.99. The van der Waals surface area contributed by atoms with Crippen molar-refractivity contribution in [3.63, 3.8) is 0 Å². The lowest BCUT2D eigenvalue weighted by Crippen LogP contribution is -2.35. The van der Waals surface area contributed by atoms with Gasteiger partial charge < -0.3 is 5.32 Å². The Kier molecular flexibility index (Phi) is 4.47. The fraction of sp³-hybridized carbons (Fsp3) is 0.727. The maximum absolute atomic E-state index is 4.47. The van der Waals surface area contributed by atoms with Gasteiger partial charge in [-0.1, -0.05) is 0 Å². The van der Waals surface area contributed by atoms with Crippen LogP contribution in [0.3, 0.4) is 0 Å². The first-order valence-corrected chi connectivity index (χ1v) is 7.60. The second-order valence-electron chi connectivity index (χ2n) is 4.00. The van der Waals surface area contributed by atoms with E-state index in [9.17, 15) is 0 Å². The lowest BCUT2D eigenvalue weighted by atomic mass is 10.2. The smallest absolute Gasteiger partial charge is 0.0940 e. The molecule has 1 fully saturated rings. The zero-order chi connectivity index (χ0) is 10.5. The van der Waals surface area contributed by atoms with Crippen LogP contribution in [0.2, 0.25) is 0 Å². The van der Waals surface area contributed by atoms with E-state index in [1.807, 2.05) is 0 Å². The molecule has 0 spiro atoms. The van der Waals surface area contributed by atoms with Crippen LogP contribution < -0.4 is 5.32 Å². The molecule has 2 heterocycles. The largest absolute Gasteiger partial charge is 0.313 e. The van der Waals surface area contributed by atoms with Crippen LogP contribution in [0.1, 0.15) is 23.5 Å². The predicted octanol–water partition coefficient (Wildman–Crippen LogP) is 2.48. The van der Waals surface area contributed by atoms with E-state index in [1.54, 1.807) is 11.3 Å². The van der Waals surface area contributed by atoms with E-state index < -0.39 is 0 Å². The van der Waals surface area contributed by atoms with Crippen LogP contribution in [0.4, 0.5) is 0 Å². The number of thioether (sulfide) groups is 1. The summed E-state index contributed by atoms with van der Waals surface area (Å²) in [5.41, 5.74) is 1.16. The SMILES string of the molecule is Cc1csc(CCNC2CCCSC2)n1. The summed E-state index contributed by atoms with van der Waals surface area (Å²) >= 11 is 3.86. The summed E-state index contributed by atoms with van der Waals surface area (Å²) in [6.07, 6.45) is 3.81. The summed E-state index contributed by atoms with van der Waals surface area (Å²) in [6.45, 7) is 3.14. The molecule has 2 rings (SSSR count). The second kappa shape index (κ2) is 5.87. The molecule has 1 saturated heterocycles. The first kappa shape index (κ1) is 11.4. The molecule has 1 aromatic rings. The van der Waals surface area contributed by atoms with Gasteiger partial charge in [-0.05, 0) is 25.5 Å². The van der Waals surface area contributed by atoms with E-state index in [0.29, 0.717) is 0 Å². The van der Waals surface area contributed by atoms with Crippen LogP contribution in [-0.2, 0) is 6.42 Å². The van der Waals surface area contributed by atoms with E-state index in [0.717, 1.165) is 24.7 Å². The second-order valence-corrected chi connectivity index (χ2v) is 6.09. The van der Waals surface area contributed by atoms with Gasteiger partial charge in [-0.15, -0.1) is 11.3 Å². The Morgan fingerprint density at radius 2 is 2.53 bits per heavy atom. The number of hydrogen-bond acceptors (Lipinski definition) is 4. The van der Waals surface area contributed by atoms with E-state index in [1.165, 1.54) is 29.4 Å². The normalized spacial score (nSPS) is 21.8. The number of thiazole rings is 1. The molecule has 0 saturated carbocycles. The third-order valence-corrected chi connectivity index (χ3v) is 4.84. The molecule has 1 unspecified atom stereocenters. The van der Waals surface area contributed by atoms with Gasteiger partial charge in [0.05, 0.1) is 5.01 Å². The van der Waals surface area contributed by atoms with Crippen molar-refractivity contribution in [1.29, 1.82) is 0 Å². The fourth-order valence-electron chi connectivity index (χ4n) is 1.80. The summed E-state index contributed by atoms with van der Waals surface area (Å²) in [4.78, 5) is 4.47. The van der Waals surface area contributed by atoms with E-state index in [2.05, 4.69) is 34.4 Å². The molecular formula is C11H18N2S2. The van der Waals surface area contributed by atoms with Gasteiger partial charge >= 0.3 is 0 Å². The Hall–Kier alpha value is -0.0600. The summed E-state index contributed by atoms with van der Waals surface area (Å²) in [7, 11) is 0. The lowest BCUT2D eigenvalue weighted by Gasteiger charge is -2.22. The summed E-state index contributed by atoms with van der Waals surface area (Å²) < 4.78 is 0. The van der Waals surface area contributed by atoms with Gasteiger partial charge in [-0.2, -0.15) is 11.8 Å². The molecular weight excluding hydrogens is 224 g/mol. The molecule has 2 nitrogen and oxygen atoms in total. The Morgan fingerprint density at radius 3 is 3.20 bits per heavy atom. The highest BCUT2D eigenvalue weighted by Gasteiger charge is 2.12. The minimum Gasteiger partial charge on any atom is -0.313 e. The summed E-state index contributed by atoms with van der Waals surface area (Å²) in [6, 6.07) is 0.741. The number of aromatic nitrogens is 1. The van der Waals surface area contributed by atoms with Crippen LogP contribution in [0, 0.1) is 6.92 Å². The number of rotatable bonds is 4. The average Bonchev–Trinajstić information content (AvgIpc) is 2.66. The van der Waals surface area contributed by atoms with Crippen molar-refractivity contribution in [2.24, 2.45) is 0 Å². The van der Waals surface area contributed by atoms with Gasteiger partial charge in [0, 0.05) is 35.8 Å². The van der Waals surface area contributed by atoms with Crippen molar-refractivity contribution in [1.82, 2.24) is 10.3 Å². The van der Waals surface area contributed by atoms with Gasteiger partial charge in [-0.25, -0.2) is 4.98 Å². The van der Waals surface area contributed by atoms with Crippen LogP contribution in [-0.4, -0.2) is 29.1 Å². The monoisotopic (exact) mass is 242 g/mol. The van der Waals surface area contributed by atoms with E-state index in [4.69, 9.17) is 0 Å². The van der Waals surface area contributed by atoms with Crippen molar-refractivity contribution in [3.8, 4) is 0 Å². The van der Waals surface area contributed by atoms with Crippen molar-refractivity contribution in [3.05, 3.63) is 16.1 Å². The van der Waals surface area contributed by atoms with Crippen LogP contribution >= 0.6 is 23.1 Å². The van der Waals surface area contributed by atoms with Gasteiger partial charge in [0.15, 0.2) is 0 Å². The molecule has 0 aromatic carbocycles. The number of aryl methyl sites for hydroxylation is 1. The molecule has 0 radical (unpaired) electrons. The van der Waals surface area contributed by atoms with E-state index >= 15 is 0 Å². The number of nitrogens with one attached hydrogen (secondary N) is 1. The standard InChI is InChI=1S/C11H18N2S2/c1-9-7-15-11(13-9)4-5-12-10-3-2-6-14-8-10/h7,10,12H,2-6,8H2,1H3. The van der Waals surface area contributed by atoms with Gasteiger partial charge in [-0.3, -0.25) is 0 Å². The third kappa shape index (κ3) is 3.78. The molecule has 1 aliphatic rings. The molecule has 1 aromatic heterocycles. The molecule has 4 heteroatoms. The number of hydrogen-bond donors (Lipinski definition) is 1. The maximum Gasteiger partial charge on any atom is 0.0940 e. The minimum absolute atomic E-state index is 0.741. The zero-order valence-corrected chi connectivity index (χ0v) is 10.8. The van der Waals surface area contributed by atoms with Crippen LogP contribution in [0.25, 0.3) is 0 Å². The molecule has 15 heavy (non-hydrogen) atoms. The zero-order valence-electron chi connectivity index (χ0n) is 9.16. The van der Waals surface area contributed by atoms with Gasteiger partial charge in [0.2, 0.25) is 0 Å². The lowest BCUT2D eigenvalue weighted by molar-refractivity contribution is 0.511. The highest BCUT2D eigenvalue weighted by Crippen LogP contribution is 2.17. The van der Waals surface area contributed by atoms with Crippen molar-refractivity contribution < 1.29 is 0 Å². The van der Waals surface area contributed by atoms with Crippen LogP contribution in [0.5, 0.6) is 0 Å². The van der Waals surface area contributed by atoms with E-state index in [-0.39, 0.29) is 0 Å². The summed E-state index contributed by atoms with van der Waals surface area (Å²) in [5.74, 6) is 2.64. The minimum atomic E-state index is 0.741. The topological polar surface area (TPSA) is 24.9 Å². The molecule has 1 atom stereocenters. The molecule has 84 valence electrons. The van der Waals surface area contributed by atoms with Crippen molar-refractivity contribution >= 4 is 23.1 Å². The molecule has 1 aliphatic heterocycles. The maximum atomic E-state index is 4.47. The van der Waals surface area contributed by atoms with Crippen molar-refractivity contribution in [2.45, 2.75) is 32.2 Å². The quantitative estimate of drug-likeness (QED) is 0.878. The molecule has 0 amide bonds. The Labute approximate surface area is 99.9 Å². The molecule has 1 N–H and O–H groups in total. The Balaban J connectivity index is 1.65. The average molecular weight is 242 g/mol. The Bertz CT molecular complexity index is 293. The number of nitrogens with zero attached hydrogens (tertiary/aromatic N) is 1. The van der Waals surface area contributed by atoms with Gasteiger partial charge in [0.1, 0.15) is 0 Å². The van der Waals surface area contributed by atoms with Gasteiger partial charge in [0.25, 0.3) is 0 Å².